The maximum absolute atomic E-state index is 9.89. The Hall–Kier alpha value is -2.44. The molecule has 0 aromatic heterocycles. The van der Waals surface area contributed by atoms with Gasteiger partial charge in [0.25, 0.3) is 0 Å². The zero-order valence-corrected chi connectivity index (χ0v) is 13.9. The average molecular weight is 334 g/mol. The number of phenols is 2. The predicted octanol–water partition coefficient (Wildman–Crippen LogP) is 2.58. The Morgan fingerprint density at radius 2 is 1.33 bits per heavy atom. The number of methoxy groups -OCH3 is 3. The van der Waals surface area contributed by atoms with Crippen LogP contribution < -0.4 is 9.47 Å². The lowest BCUT2D eigenvalue weighted by atomic mass is 9.89. The van der Waals surface area contributed by atoms with Crippen molar-refractivity contribution in [3.63, 3.8) is 0 Å². The molecule has 2 rings (SSSR count). The van der Waals surface area contributed by atoms with Crippen LogP contribution in [0.5, 0.6) is 23.0 Å². The van der Waals surface area contributed by atoms with E-state index in [2.05, 4.69) is 0 Å². The fraction of sp³-hybridized carbons (Fsp3) is 0.333. The Morgan fingerprint density at radius 3 is 1.79 bits per heavy atom. The summed E-state index contributed by atoms with van der Waals surface area (Å²) in [5, 5.41) is 29.4. The molecule has 0 spiro atoms. The summed E-state index contributed by atoms with van der Waals surface area (Å²) in [5.41, 5.74) is 1.50. The first-order chi connectivity index (χ1) is 11.5. The first kappa shape index (κ1) is 17.9. The standard InChI is InChI=1S/C18H22O6/c1-22-16-8-11(4-6-14(16)20)13(10-19)18(24-3)12-5-7-15(21)17(9-12)23-2/h4-9,13,18-21H,10H2,1-3H3/t13-,18+/m1/s1. The van der Waals surface area contributed by atoms with E-state index in [0.29, 0.717) is 11.5 Å². The minimum atomic E-state index is -0.473. The molecule has 2 aromatic carbocycles. The van der Waals surface area contributed by atoms with Crippen molar-refractivity contribution in [3.05, 3.63) is 47.5 Å². The Labute approximate surface area is 140 Å². The van der Waals surface area contributed by atoms with Gasteiger partial charge in [-0.1, -0.05) is 12.1 Å². The molecular weight excluding hydrogens is 312 g/mol. The Kier molecular flexibility index (Phi) is 5.89. The second-order valence-electron chi connectivity index (χ2n) is 5.31. The van der Waals surface area contributed by atoms with E-state index in [9.17, 15) is 15.3 Å². The highest BCUT2D eigenvalue weighted by atomic mass is 16.5. The first-order valence-corrected chi connectivity index (χ1v) is 7.43. The van der Waals surface area contributed by atoms with Crippen molar-refractivity contribution >= 4 is 0 Å². The molecule has 0 aliphatic rings. The molecule has 6 nitrogen and oxygen atoms in total. The topological polar surface area (TPSA) is 88.4 Å². The Balaban J connectivity index is 2.43. The number of benzene rings is 2. The second-order valence-corrected chi connectivity index (χ2v) is 5.31. The number of ether oxygens (including phenoxy) is 3. The van der Waals surface area contributed by atoms with Crippen molar-refractivity contribution in [2.24, 2.45) is 0 Å². The predicted molar refractivity (Wildman–Crippen MR) is 88.9 cm³/mol. The van der Waals surface area contributed by atoms with Crippen molar-refractivity contribution in [2.45, 2.75) is 12.0 Å². The molecule has 2 aromatic rings. The molecule has 2 atom stereocenters. The zero-order chi connectivity index (χ0) is 17.7. The summed E-state index contributed by atoms with van der Waals surface area (Å²) in [6.45, 7) is -0.171. The molecular formula is C18H22O6. The number of hydrogen-bond acceptors (Lipinski definition) is 6. The highest BCUT2D eigenvalue weighted by molar-refractivity contribution is 5.46. The van der Waals surface area contributed by atoms with Gasteiger partial charge < -0.3 is 29.5 Å². The fourth-order valence-corrected chi connectivity index (χ4v) is 2.70. The fourth-order valence-electron chi connectivity index (χ4n) is 2.70. The van der Waals surface area contributed by atoms with Crippen LogP contribution in [0.25, 0.3) is 0 Å². The molecule has 0 fully saturated rings. The summed E-state index contributed by atoms with van der Waals surface area (Å²) in [7, 11) is 4.48. The largest absolute Gasteiger partial charge is 0.504 e. The van der Waals surface area contributed by atoms with E-state index < -0.39 is 12.0 Å². The molecule has 0 saturated heterocycles. The Morgan fingerprint density at radius 1 is 0.833 bits per heavy atom. The number of rotatable bonds is 7. The molecule has 0 radical (unpaired) electrons. The summed E-state index contributed by atoms with van der Waals surface area (Å²) in [6.07, 6.45) is -0.473. The number of hydrogen-bond donors (Lipinski definition) is 3. The monoisotopic (exact) mass is 334 g/mol. The minimum absolute atomic E-state index is 0.0261. The van der Waals surface area contributed by atoms with Crippen LogP contribution in [0.3, 0.4) is 0 Å². The Bertz CT molecular complexity index is 626. The van der Waals surface area contributed by atoms with E-state index in [1.807, 2.05) is 0 Å². The lowest BCUT2D eigenvalue weighted by Gasteiger charge is -2.26. The molecule has 0 amide bonds. The molecule has 0 unspecified atom stereocenters. The van der Waals surface area contributed by atoms with Gasteiger partial charge in [0.2, 0.25) is 0 Å². The summed E-state index contributed by atoms with van der Waals surface area (Å²) >= 11 is 0. The summed E-state index contributed by atoms with van der Waals surface area (Å²) in [6, 6.07) is 9.80. The highest BCUT2D eigenvalue weighted by Crippen LogP contribution is 2.39. The molecule has 0 aliphatic carbocycles. The maximum Gasteiger partial charge on any atom is 0.160 e. The van der Waals surface area contributed by atoms with Gasteiger partial charge in [0.15, 0.2) is 23.0 Å². The van der Waals surface area contributed by atoms with Crippen LogP contribution in [0.2, 0.25) is 0 Å². The van der Waals surface area contributed by atoms with E-state index in [1.165, 1.54) is 26.4 Å². The SMILES string of the molecule is COc1cc([C@@H](CO)[C@@H](OC)c2ccc(O)c(OC)c2)ccc1O. The van der Waals surface area contributed by atoms with Crippen molar-refractivity contribution in [2.75, 3.05) is 27.9 Å². The number of phenolic OH excluding ortho intramolecular Hbond substituents is 2. The number of aliphatic hydroxyl groups is 1. The van der Waals surface area contributed by atoms with E-state index in [4.69, 9.17) is 14.2 Å². The molecule has 0 heterocycles. The third-order valence-electron chi connectivity index (χ3n) is 3.98. The van der Waals surface area contributed by atoms with Crippen LogP contribution in [-0.4, -0.2) is 43.3 Å². The molecule has 24 heavy (non-hydrogen) atoms. The van der Waals surface area contributed by atoms with E-state index >= 15 is 0 Å². The van der Waals surface area contributed by atoms with Gasteiger partial charge >= 0.3 is 0 Å². The molecule has 0 aliphatic heterocycles. The quantitative estimate of drug-likeness (QED) is 0.721. The lowest BCUT2D eigenvalue weighted by Crippen LogP contribution is -2.17. The van der Waals surface area contributed by atoms with Crippen LogP contribution in [0.15, 0.2) is 36.4 Å². The van der Waals surface area contributed by atoms with Gasteiger partial charge in [0.05, 0.1) is 26.9 Å². The molecule has 130 valence electrons. The highest BCUT2D eigenvalue weighted by Gasteiger charge is 2.26. The molecule has 6 heteroatoms. The zero-order valence-electron chi connectivity index (χ0n) is 13.9. The number of aromatic hydroxyl groups is 2. The van der Waals surface area contributed by atoms with Gasteiger partial charge in [-0.25, -0.2) is 0 Å². The van der Waals surface area contributed by atoms with Crippen LogP contribution >= 0.6 is 0 Å². The minimum Gasteiger partial charge on any atom is -0.504 e. The van der Waals surface area contributed by atoms with Gasteiger partial charge in [-0.2, -0.15) is 0 Å². The lowest BCUT2D eigenvalue weighted by molar-refractivity contribution is 0.0563. The first-order valence-electron chi connectivity index (χ1n) is 7.43. The van der Waals surface area contributed by atoms with Gasteiger partial charge in [0.1, 0.15) is 0 Å². The molecule has 0 bridgehead atoms. The average Bonchev–Trinajstić information content (AvgIpc) is 2.61. The summed E-state index contributed by atoms with van der Waals surface area (Å²) in [4.78, 5) is 0. The third-order valence-corrected chi connectivity index (χ3v) is 3.98. The van der Waals surface area contributed by atoms with Crippen molar-refractivity contribution in [1.29, 1.82) is 0 Å². The van der Waals surface area contributed by atoms with Crippen LogP contribution in [0.4, 0.5) is 0 Å². The number of aliphatic hydroxyl groups excluding tert-OH is 1. The van der Waals surface area contributed by atoms with E-state index in [-0.39, 0.29) is 18.1 Å². The smallest absolute Gasteiger partial charge is 0.160 e. The van der Waals surface area contributed by atoms with Gasteiger partial charge in [-0.3, -0.25) is 0 Å². The van der Waals surface area contributed by atoms with Crippen molar-refractivity contribution in [1.82, 2.24) is 0 Å². The molecule has 3 N–H and O–H groups in total. The van der Waals surface area contributed by atoms with Gasteiger partial charge in [-0.15, -0.1) is 0 Å². The van der Waals surface area contributed by atoms with Crippen molar-refractivity contribution < 1.29 is 29.5 Å². The normalized spacial score (nSPS) is 13.3. The maximum atomic E-state index is 9.89. The molecule has 0 saturated carbocycles. The van der Waals surface area contributed by atoms with Crippen molar-refractivity contribution in [3.8, 4) is 23.0 Å². The second kappa shape index (κ2) is 7.90. The van der Waals surface area contributed by atoms with Crippen LogP contribution in [0.1, 0.15) is 23.1 Å². The van der Waals surface area contributed by atoms with E-state index in [0.717, 1.165) is 11.1 Å². The van der Waals surface area contributed by atoms with Crippen LogP contribution in [-0.2, 0) is 4.74 Å². The van der Waals surface area contributed by atoms with Gasteiger partial charge in [0, 0.05) is 13.0 Å². The summed E-state index contributed by atoms with van der Waals surface area (Å²) in [5.74, 6) is 0.318. The van der Waals surface area contributed by atoms with Gasteiger partial charge in [-0.05, 0) is 35.4 Å². The summed E-state index contributed by atoms with van der Waals surface area (Å²) < 4.78 is 15.8. The van der Waals surface area contributed by atoms with Crippen LogP contribution in [0, 0.1) is 0 Å². The third kappa shape index (κ3) is 3.55. The van der Waals surface area contributed by atoms with E-state index in [1.54, 1.807) is 31.4 Å².